The second-order valence-electron chi connectivity index (χ2n) is 4.14. The maximum absolute atomic E-state index is 13.3. The number of amides is 1. The SMILES string of the molecule is CCC(CC)CNC(=O)c1c(F)cc(F)cc1F. The Morgan fingerprint density at radius 1 is 1.17 bits per heavy atom. The van der Waals surface area contributed by atoms with Crippen LogP contribution in [0.3, 0.4) is 0 Å². The maximum Gasteiger partial charge on any atom is 0.257 e. The molecule has 1 aromatic rings. The molecule has 0 aliphatic carbocycles. The summed E-state index contributed by atoms with van der Waals surface area (Å²) in [5.41, 5.74) is -0.734. The Morgan fingerprint density at radius 3 is 2.11 bits per heavy atom. The van der Waals surface area contributed by atoms with Crippen molar-refractivity contribution in [1.29, 1.82) is 0 Å². The van der Waals surface area contributed by atoms with Crippen molar-refractivity contribution in [1.82, 2.24) is 5.32 Å². The number of hydrogen-bond donors (Lipinski definition) is 1. The number of carbonyl (C=O) groups is 1. The minimum Gasteiger partial charge on any atom is -0.352 e. The highest BCUT2D eigenvalue weighted by Crippen LogP contribution is 2.15. The molecule has 0 saturated carbocycles. The molecule has 1 rings (SSSR count). The van der Waals surface area contributed by atoms with Gasteiger partial charge in [-0.3, -0.25) is 4.79 Å². The topological polar surface area (TPSA) is 29.1 Å². The first kappa shape index (κ1) is 14.5. The summed E-state index contributed by atoms with van der Waals surface area (Å²) >= 11 is 0. The van der Waals surface area contributed by atoms with Crippen LogP contribution in [-0.4, -0.2) is 12.5 Å². The molecule has 0 aromatic heterocycles. The van der Waals surface area contributed by atoms with Gasteiger partial charge >= 0.3 is 0 Å². The van der Waals surface area contributed by atoms with Crippen LogP contribution >= 0.6 is 0 Å². The summed E-state index contributed by atoms with van der Waals surface area (Å²) in [7, 11) is 0. The molecule has 1 N–H and O–H groups in total. The van der Waals surface area contributed by atoms with E-state index in [4.69, 9.17) is 0 Å². The van der Waals surface area contributed by atoms with Crippen LogP contribution in [0.25, 0.3) is 0 Å². The number of hydrogen-bond acceptors (Lipinski definition) is 1. The summed E-state index contributed by atoms with van der Waals surface area (Å²) in [6.07, 6.45) is 1.73. The zero-order valence-corrected chi connectivity index (χ0v) is 10.4. The standard InChI is InChI=1S/C13H16F3NO/c1-3-8(4-2)7-17-13(18)12-10(15)5-9(14)6-11(12)16/h5-6,8H,3-4,7H2,1-2H3,(H,17,18). The monoisotopic (exact) mass is 259 g/mol. The lowest BCUT2D eigenvalue weighted by Gasteiger charge is -2.13. The third-order valence-corrected chi connectivity index (χ3v) is 2.94. The first-order valence-electron chi connectivity index (χ1n) is 5.92. The van der Waals surface area contributed by atoms with E-state index in [1.807, 2.05) is 13.8 Å². The molecule has 2 nitrogen and oxygen atoms in total. The zero-order valence-electron chi connectivity index (χ0n) is 10.4. The quantitative estimate of drug-likeness (QED) is 0.864. The molecular formula is C13H16F3NO. The average Bonchev–Trinajstić information content (AvgIpc) is 2.28. The lowest BCUT2D eigenvalue weighted by atomic mass is 10.0. The molecule has 0 saturated heterocycles. The highest BCUT2D eigenvalue weighted by atomic mass is 19.1. The first-order valence-corrected chi connectivity index (χ1v) is 5.92. The highest BCUT2D eigenvalue weighted by molar-refractivity contribution is 5.94. The predicted molar refractivity (Wildman–Crippen MR) is 62.7 cm³/mol. The predicted octanol–water partition coefficient (Wildman–Crippen LogP) is 3.27. The van der Waals surface area contributed by atoms with Gasteiger partial charge < -0.3 is 5.32 Å². The van der Waals surface area contributed by atoms with Gasteiger partial charge in [-0.1, -0.05) is 26.7 Å². The van der Waals surface area contributed by atoms with Gasteiger partial charge in [-0.15, -0.1) is 0 Å². The Bertz CT molecular complexity index is 407. The Kier molecular flexibility index (Phi) is 5.19. The van der Waals surface area contributed by atoms with Crippen molar-refractivity contribution in [3.63, 3.8) is 0 Å². The van der Waals surface area contributed by atoms with E-state index in [1.165, 1.54) is 0 Å². The van der Waals surface area contributed by atoms with Gasteiger partial charge in [-0.2, -0.15) is 0 Å². The van der Waals surface area contributed by atoms with E-state index in [0.29, 0.717) is 18.7 Å². The molecule has 0 fully saturated rings. The third-order valence-electron chi connectivity index (χ3n) is 2.94. The number of carbonyl (C=O) groups excluding carboxylic acids is 1. The van der Waals surface area contributed by atoms with Crippen LogP contribution in [0.15, 0.2) is 12.1 Å². The van der Waals surface area contributed by atoms with Crippen LogP contribution < -0.4 is 5.32 Å². The minimum atomic E-state index is -1.19. The van der Waals surface area contributed by atoms with Crippen molar-refractivity contribution in [3.05, 3.63) is 35.1 Å². The van der Waals surface area contributed by atoms with Gasteiger partial charge in [0.25, 0.3) is 5.91 Å². The summed E-state index contributed by atoms with van der Waals surface area (Å²) in [5.74, 6) is -4.00. The molecule has 100 valence electrons. The van der Waals surface area contributed by atoms with Crippen molar-refractivity contribution in [2.75, 3.05) is 6.54 Å². The Labute approximate surface area is 104 Å². The van der Waals surface area contributed by atoms with E-state index in [1.54, 1.807) is 0 Å². The molecule has 5 heteroatoms. The van der Waals surface area contributed by atoms with E-state index in [9.17, 15) is 18.0 Å². The van der Waals surface area contributed by atoms with E-state index in [2.05, 4.69) is 5.32 Å². The van der Waals surface area contributed by atoms with Crippen molar-refractivity contribution in [3.8, 4) is 0 Å². The van der Waals surface area contributed by atoms with Crippen LogP contribution in [0.2, 0.25) is 0 Å². The van der Waals surface area contributed by atoms with Gasteiger partial charge in [-0.25, -0.2) is 13.2 Å². The molecule has 18 heavy (non-hydrogen) atoms. The van der Waals surface area contributed by atoms with E-state index < -0.39 is 28.9 Å². The fourth-order valence-electron chi connectivity index (χ4n) is 1.66. The van der Waals surface area contributed by atoms with Crippen LogP contribution in [0.1, 0.15) is 37.0 Å². The van der Waals surface area contributed by atoms with Gasteiger partial charge in [-0.05, 0) is 5.92 Å². The average molecular weight is 259 g/mol. The van der Waals surface area contributed by atoms with Gasteiger partial charge in [0, 0.05) is 18.7 Å². The third kappa shape index (κ3) is 3.48. The van der Waals surface area contributed by atoms with Gasteiger partial charge in [0.2, 0.25) is 0 Å². The van der Waals surface area contributed by atoms with Gasteiger partial charge in [0.15, 0.2) is 0 Å². The highest BCUT2D eigenvalue weighted by Gasteiger charge is 2.19. The number of rotatable bonds is 5. The smallest absolute Gasteiger partial charge is 0.257 e. The van der Waals surface area contributed by atoms with Gasteiger partial charge in [0.05, 0.1) is 0 Å². The second-order valence-corrected chi connectivity index (χ2v) is 4.14. The lowest BCUT2D eigenvalue weighted by molar-refractivity contribution is 0.0938. The number of halogens is 3. The lowest BCUT2D eigenvalue weighted by Crippen LogP contribution is -2.30. The van der Waals surface area contributed by atoms with Crippen LogP contribution in [0, 0.1) is 23.4 Å². The summed E-state index contributed by atoms with van der Waals surface area (Å²) in [5, 5.41) is 2.46. The maximum atomic E-state index is 13.3. The van der Waals surface area contributed by atoms with Gasteiger partial charge in [0.1, 0.15) is 23.0 Å². The molecule has 1 amide bonds. The first-order chi connectivity index (χ1) is 8.49. The van der Waals surface area contributed by atoms with Crippen LogP contribution in [0.4, 0.5) is 13.2 Å². The molecule has 0 heterocycles. The molecular weight excluding hydrogens is 243 g/mol. The summed E-state index contributed by atoms with van der Waals surface area (Å²) in [6.45, 7) is 4.29. The summed E-state index contributed by atoms with van der Waals surface area (Å²) < 4.78 is 39.3. The summed E-state index contributed by atoms with van der Waals surface area (Å²) in [6, 6.07) is 0.990. The molecule has 0 aliphatic rings. The van der Waals surface area contributed by atoms with Crippen molar-refractivity contribution in [2.45, 2.75) is 26.7 Å². The molecule has 1 aromatic carbocycles. The Morgan fingerprint density at radius 2 is 1.67 bits per heavy atom. The Hall–Kier alpha value is -1.52. The van der Waals surface area contributed by atoms with Crippen molar-refractivity contribution >= 4 is 5.91 Å². The molecule has 0 spiro atoms. The normalized spacial score (nSPS) is 10.8. The zero-order chi connectivity index (χ0) is 13.7. The molecule has 0 atom stereocenters. The van der Waals surface area contributed by atoms with Crippen molar-refractivity contribution < 1.29 is 18.0 Å². The fourth-order valence-corrected chi connectivity index (χ4v) is 1.66. The van der Waals surface area contributed by atoms with Crippen LogP contribution in [0.5, 0.6) is 0 Å². The fraction of sp³-hybridized carbons (Fsp3) is 0.462. The molecule has 0 radical (unpaired) electrons. The molecule has 0 bridgehead atoms. The molecule has 0 unspecified atom stereocenters. The number of benzene rings is 1. The second kappa shape index (κ2) is 6.42. The number of nitrogens with one attached hydrogen (secondary N) is 1. The largest absolute Gasteiger partial charge is 0.352 e. The molecule has 0 aliphatic heterocycles. The Balaban J connectivity index is 2.79. The van der Waals surface area contributed by atoms with Crippen molar-refractivity contribution in [2.24, 2.45) is 5.92 Å². The minimum absolute atomic E-state index is 0.264. The summed E-state index contributed by atoms with van der Waals surface area (Å²) in [4.78, 5) is 11.6. The van der Waals surface area contributed by atoms with E-state index in [0.717, 1.165) is 12.8 Å². The van der Waals surface area contributed by atoms with Crippen LogP contribution in [-0.2, 0) is 0 Å². The van der Waals surface area contributed by atoms with E-state index >= 15 is 0 Å². The van der Waals surface area contributed by atoms with E-state index in [-0.39, 0.29) is 5.92 Å².